The fraction of sp³-hybridized carbons (Fsp3) is 0.360. The quantitative estimate of drug-likeness (QED) is 0.444. The van der Waals surface area contributed by atoms with Crippen LogP contribution in [-0.2, 0) is 18.6 Å². The van der Waals surface area contributed by atoms with E-state index in [1.54, 1.807) is 0 Å². The molecule has 4 heterocycles. The molecular formula is C25H27F2N7O. The predicted octanol–water partition coefficient (Wildman–Crippen LogP) is 4.29. The minimum atomic E-state index is -2.00. The molecule has 1 aliphatic heterocycles. The fourth-order valence-corrected chi connectivity index (χ4v) is 4.40. The molecule has 0 bridgehead atoms. The van der Waals surface area contributed by atoms with Crippen LogP contribution in [0.5, 0.6) is 0 Å². The molecule has 1 aliphatic rings. The zero-order valence-electron chi connectivity index (χ0n) is 20.1. The molecule has 0 saturated heterocycles. The van der Waals surface area contributed by atoms with E-state index in [0.29, 0.717) is 11.6 Å². The highest BCUT2D eigenvalue weighted by Gasteiger charge is 2.27. The topological polar surface area (TPSA) is 89.7 Å². The monoisotopic (exact) mass is 479 g/mol. The molecule has 0 atom stereocenters. The molecule has 1 aromatic carbocycles. The minimum Gasteiger partial charge on any atom is -0.324 e. The summed E-state index contributed by atoms with van der Waals surface area (Å²) in [5.74, 6) is -0.260. The standard InChI is InChI=1S/C25H27F2N7O/c1-14(2)33-23(35)18-13-29-24(30-17-6-5-16-12-28-10-9-15(16)11-17)32-22(18)34(33)20-8-7-19(26)21(31-20)25(3,4)27/h5-8,11,13-14,28H,9-10,12H2,1-4H3,(H,29,30,32). The van der Waals surface area contributed by atoms with Crippen LogP contribution in [0.4, 0.5) is 20.4 Å². The summed E-state index contributed by atoms with van der Waals surface area (Å²) in [5.41, 5.74) is 0.999. The molecule has 2 N–H and O–H groups in total. The van der Waals surface area contributed by atoms with E-state index >= 15 is 0 Å². The van der Waals surface area contributed by atoms with Crippen molar-refractivity contribution in [1.82, 2.24) is 29.6 Å². The summed E-state index contributed by atoms with van der Waals surface area (Å²) in [5, 5.41) is 6.86. The molecule has 10 heteroatoms. The Balaban J connectivity index is 1.64. The van der Waals surface area contributed by atoms with Crippen LogP contribution in [0.15, 0.2) is 41.3 Å². The van der Waals surface area contributed by atoms with E-state index in [0.717, 1.165) is 31.3 Å². The van der Waals surface area contributed by atoms with Crippen molar-refractivity contribution in [2.75, 3.05) is 11.9 Å². The number of alkyl halides is 1. The van der Waals surface area contributed by atoms with Crippen LogP contribution in [0.3, 0.4) is 0 Å². The molecule has 3 aromatic heterocycles. The number of fused-ring (bicyclic) bond motifs is 2. The summed E-state index contributed by atoms with van der Waals surface area (Å²) in [6.45, 7) is 7.93. The van der Waals surface area contributed by atoms with Gasteiger partial charge in [-0.15, -0.1) is 0 Å². The van der Waals surface area contributed by atoms with Gasteiger partial charge in [0.2, 0.25) is 5.95 Å². The molecule has 0 amide bonds. The predicted molar refractivity (Wildman–Crippen MR) is 131 cm³/mol. The maximum absolute atomic E-state index is 14.7. The molecule has 0 saturated carbocycles. The van der Waals surface area contributed by atoms with E-state index in [2.05, 4.69) is 37.7 Å². The highest BCUT2D eigenvalue weighted by molar-refractivity contribution is 5.77. The van der Waals surface area contributed by atoms with Gasteiger partial charge in [-0.1, -0.05) is 6.07 Å². The van der Waals surface area contributed by atoms with Crippen LogP contribution >= 0.6 is 0 Å². The molecule has 0 unspecified atom stereocenters. The van der Waals surface area contributed by atoms with Crippen molar-refractivity contribution in [3.63, 3.8) is 0 Å². The number of halogens is 2. The number of nitrogens with one attached hydrogen (secondary N) is 2. The Morgan fingerprint density at radius 1 is 1.14 bits per heavy atom. The van der Waals surface area contributed by atoms with Crippen molar-refractivity contribution in [2.45, 2.75) is 52.4 Å². The molecule has 0 aliphatic carbocycles. The van der Waals surface area contributed by atoms with Crippen LogP contribution in [0.25, 0.3) is 16.9 Å². The van der Waals surface area contributed by atoms with Gasteiger partial charge in [0, 0.05) is 24.5 Å². The molecule has 0 spiro atoms. The van der Waals surface area contributed by atoms with Crippen molar-refractivity contribution in [2.24, 2.45) is 0 Å². The van der Waals surface area contributed by atoms with Gasteiger partial charge in [0.05, 0.1) is 0 Å². The number of hydrogen-bond acceptors (Lipinski definition) is 6. The summed E-state index contributed by atoms with van der Waals surface area (Å²) in [6, 6.07) is 8.40. The zero-order valence-corrected chi connectivity index (χ0v) is 20.1. The van der Waals surface area contributed by atoms with Gasteiger partial charge in [0.25, 0.3) is 5.56 Å². The van der Waals surface area contributed by atoms with Gasteiger partial charge in [0.1, 0.15) is 22.6 Å². The number of benzene rings is 1. The summed E-state index contributed by atoms with van der Waals surface area (Å²) >= 11 is 0. The summed E-state index contributed by atoms with van der Waals surface area (Å²) in [4.78, 5) is 26.4. The summed E-state index contributed by atoms with van der Waals surface area (Å²) in [6.07, 6.45) is 2.40. The normalized spacial score (nSPS) is 13.9. The van der Waals surface area contributed by atoms with Gasteiger partial charge in [-0.3, -0.25) is 4.79 Å². The van der Waals surface area contributed by atoms with Crippen LogP contribution in [0.2, 0.25) is 0 Å². The van der Waals surface area contributed by atoms with Crippen molar-refractivity contribution < 1.29 is 8.78 Å². The highest BCUT2D eigenvalue weighted by Crippen LogP contribution is 2.28. The van der Waals surface area contributed by atoms with Crippen LogP contribution in [0.1, 0.15) is 50.6 Å². The second kappa shape index (κ2) is 8.53. The third-order valence-corrected chi connectivity index (χ3v) is 6.07. The van der Waals surface area contributed by atoms with E-state index in [-0.39, 0.29) is 28.5 Å². The maximum Gasteiger partial charge on any atom is 0.278 e. The van der Waals surface area contributed by atoms with Gasteiger partial charge in [-0.2, -0.15) is 4.98 Å². The Bertz CT molecular complexity index is 1480. The van der Waals surface area contributed by atoms with Crippen LogP contribution in [-0.4, -0.2) is 30.9 Å². The number of aromatic nitrogens is 5. The van der Waals surface area contributed by atoms with Crippen molar-refractivity contribution in [3.05, 3.63) is 69.5 Å². The third-order valence-electron chi connectivity index (χ3n) is 6.07. The van der Waals surface area contributed by atoms with Gasteiger partial charge in [0.15, 0.2) is 11.5 Å². The maximum atomic E-state index is 14.7. The average molecular weight is 480 g/mol. The lowest BCUT2D eigenvalue weighted by molar-refractivity contribution is 0.205. The molecule has 8 nitrogen and oxygen atoms in total. The number of pyridine rings is 1. The molecule has 5 rings (SSSR count). The minimum absolute atomic E-state index is 0.193. The van der Waals surface area contributed by atoms with Crippen LogP contribution < -0.4 is 16.2 Å². The van der Waals surface area contributed by atoms with Crippen molar-refractivity contribution in [3.8, 4) is 5.82 Å². The Hall–Kier alpha value is -3.66. The van der Waals surface area contributed by atoms with Gasteiger partial charge >= 0.3 is 0 Å². The Kier molecular flexibility index (Phi) is 5.63. The van der Waals surface area contributed by atoms with E-state index in [9.17, 15) is 13.6 Å². The largest absolute Gasteiger partial charge is 0.324 e. The molecule has 0 radical (unpaired) electrons. The second-order valence-electron chi connectivity index (χ2n) is 9.49. The van der Waals surface area contributed by atoms with E-state index in [4.69, 9.17) is 0 Å². The van der Waals surface area contributed by atoms with Gasteiger partial charge in [-0.05, 0) is 76.1 Å². The van der Waals surface area contributed by atoms with Crippen molar-refractivity contribution in [1.29, 1.82) is 0 Å². The first-order chi connectivity index (χ1) is 16.6. The number of nitrogens with zero attached hydrogens (tertiary/aromatic N) is 5. The Morgan fingerprint density at radius 2 is 1.94 bits per heavy atom. The SMILES string of the molecule is CC(C)n1c(=O)c2cnc(Nc3ccc4c(c3)CCNC4)nc2n1-c1ccc(F)c(C(C)(C)F)n1. The van der Waals surface area contributed by atoms with Crippen molar-refractivity contribution >= 4 is 22.7 Å². The third kappa shape index (κ3) is 4.18. The van der Waals surface area contributed by atoms with Gasteiger partial charge in [-0.25, -0.2) is 28.1 Å². The number of rotatable bonds is 5. The smallest absolute Gasteiger partial charge is 0.278 e. The molecular weight excluding hydrogens is 452 g/mol. The Morgan fingerprint density at radius 3 is 2.69 bits per heavy atom. The summed E-state index contributed by atoms with van der Waals surface area (Å²) in [7, 11) is 0. The fourth-order valence-electron chi connectivity index (χ4n) is 4.40. The first kappa shape index (κ1) is 23.1. The second-order valence-corrected chi connectivity index (χ2v) is 9.49. The lowest BCUT2D eigenvalue weighted by atomic mass is 10.0. The first-order valence-corrected chi connectivity index (χ1v) is 11.6. The molecule has 182 valence electrons. The van der Waals surface area contributed by atoms with E-state index in [1.807, 2.05) is 19.9 Å². The molecule has 4 aromatic rings. The number of hydrogen-bond donors (Lipinski definition) is 2. The number of anilines is 2. The Labute approximate surface area is 201 Å². The lowest BCUT2D eigenvalue weighted by Gasteiger charge is -2.19. The first-order valence-electron chi connectivity index (χ1n) is 11.6. The average Bonchev–Trinajstić information content (AvgIpc) is 3.10. The summed E-state index contributed by atoms with van der Waals surface area (Å²) < 4.78 is 32.0. The molecule has 0 fully saturated rings. The highest BCUT2D eigenvalue weighted by atomic mass is 19.1. The molecule has 35 heavy (non-hydrogen) atoms. The lowest BCUT2D eigenvalue weighted by Crippen LogP contribution is -2.25. The van der Waals surface area contributed by atoms with E-state index < -0.39 is 11.5 Å². The van der Waals surface area contributed by atoms with Gasteiger partial charge < -0.3 is 10.6 Å². The van der Waals surface area contributed by atoms with Crippen LogP contribution in [0, 0.1) is 5.82 Å². The van der Waals surface area contributed by atoms with E-state index in [1.165, 1.54) is 46.6 Å². The zero-order chi connectivity index (χ0) is 24.9.